The molecule has 3 rings (SSSR count). The van der Waals surface area contributed by atoms with Gasteiger partial charge in [-0.2, -0.15) is 4.99 Å². The van der Waals surface area contributed by atoms with Crippen LogP contribution in [-0.2, 0) is 4.74 Å². The Bertz CT molecular complexity index is 720. The van der Waals surface area contributed by atoms with Crippen molar-refractivity contribution in [1.29, 1.82) is 0 Å². The summed E-state index contributed by atoms with van der Waals surface area (Å²) in [5.74, 6) is 1.23. The molecule has 2 heterocycles. The summed E-state index contributed by atoms with van der Waals surface area (Å²) in [5.41, 5.74) is 1.54. The lowest BCUT2D eigenvalue weighted by Crippen LogP contribution is -2.41. The second kappa shape index (κ2) is 5.21. The van der Waals surface area contributed by atoms with Gasteiger partial charge in [0.2, 0.25) is 11.0 Å². The summed E-state index contributed by atoms with van der Waals surface area (Å²) in [6.07, 6.45) is 0. The molecule has 1 amide bonds. The van der Waals surface area contributed by atoms with Gasteiger partial charge in [0.15, 0.2) is 0 Å². The van der Waals surface area contributed by atoms with E-state index in [9.17, 15) is 4.79 Å². The third kappa shape index (κ3) is 2.50. The first-order valence-electron chi connectivity index (χ1n) is 6.49. The van der Waals surface area contributed by atoms with E-state index >= 15 is 0 Å². The van der Waals surface area contributed by atoms with Gasteiger partial charge in [0, 0.05) is 5.56 Å². The van der Waals surface area contributed by atoms with Crippen LogP contribution in [0.1, 0.15) is 24.2 Å². The van der Waals surface area contributed by atoms with Crippen LogP contribution in [0.15, 0.2) is 51.6 Å². The summed E-state index contributed by atoms with van der Waals surface area (Å²) < 4.78 is 5.58. The number of amides is 1. The number of nitrogens with zero attached hydrogens (tertiary/aromatic N) is 2. The first-order chi connectivity index (χ1) is 10.1. The predicted molar refractivity (Wildman–Crippen MR) is 84.3 cm³/mol. The lowest BCUT2D eigenvalue weighted by Gasteiger charge is -2.18. The van der Waals surface area contributed by atoms with Crippen LogP contribution >= 0.6 is 12.2 Å². The molecule has 21 heavy (non-hydrogen) atoms. The highest BCUT2D eigenvalue weighted by Gasteiger charge is 2.37. The average Bonchev–Trinajstić information content (AvgIpc) is 2.74. The van der Waals surface area contributed by atoms with E-state index in [2.05, 4.69) is 15.3 Å². The van der Waals surface area contributed by atoms with Crippen molar-refractivity contribution in [1.82, 2.24) is 5.32 Å². The number of amidine groups is 1. The quantitative estimate of drug-likeness (QED) is 0.810. The molecule has 106 valence electrons. The highest BCUT2D eigenvalue weighted by atomic mass is 32.1. The Morgan fingerprint density at radius 3 is 2.67 bits per heavy atom. The van der Waals surface area contributed by atoms with Crippen LogP contribution in [-0.4, -0.2) is 22.8 Å². The van der Waals surface area contributed by atoms with Gasteiger partial charge in [0.1, 0.15) is 17.5 Å². The zero-order valence-corrected chi connectivity index (χ0v) is 12.4. The Morgan fingerprint density at radius 1 is 1.24 bits per heavy atom. The van der Waals surface area contributed by atoms with Gasteiger partial charge in [-0.1, -0.05) is 18.2 Å². The molecule has 1 unspecified atom stereocenters. The van der Waals surface area contributed by atoms with Crippen molar-refractivity contribution in [3.63, 3.8) is 0 Å². The van der Waals surface area contributed by atoms with E-state index in [1.54, 1.807) is 12.1 Å². The Balaban J connectivity index is 1.88. The molecule has 1 aromatic rings. The number of carbonyl (C=O) groups is 1. The molecule has 1 aromatic carbocycles. The van der Waals surface area contributed by atoms with Crippen molar-refractivity contribution in [3.05, 3.63) is 47.2 Å². The third-order valence-corrected chi connectivity index (χ3v) is 3.65. The maximum atomic E-state index is 12.3. The van der Waals surface area contributed by atoms with Gasteiger partial charge in [-0.15, -0.1) is 0 Å². The number of ether oxygens (including phenoxy) is 1. The van der Waals surface area contributed by atoms with E-state index in [-0.39, 0.29) is 16.9 Å². The number of allylic oxidation sites excluding steroid dienone is 1. The molecule has 0 radical (unpaired) electrons. The second-order valence-electron chi connectivity index (χ2n) is 4.82. The summed E-state index contributed by atoms with van der Waals surface area (Å²) in [7, 11) is 0. The van der Waals surface area contributed by atoms with Crippen molar-refractivity contribution in [2.75, 3.05) is 0 Å². The molecule has 0 fully saturated rings. The fourth-order valence-corrected chi connectivity index (χ4v) is 2.45. The largest absolute Gasteiger partial charge is 0.446 e. The average molecular weight is 299 g/mol. The fraction of sp³-hybridized carbons (Fsp3) is 0.200. The van der Waals surface area contributed by atoms with Crippen molar-refractivity contribution in [2.24, 2.45) is 15.9 Å². The second-order valence-corrected chi connectivity index (χ2v) is 5.19. The van der Waals surface area contributed by atoms with Crippen LogP contribution in [0.4, 0.5) is 0 Å². The van der Waals surface area contributed by atoms with Gasteiger partial charge in [-0.25, -0.2) is 4.99 Å². The minimum absolute atomic E-state index is 0.159. The summed E-state index contributed by atoms with van der Waals surface area (Å²) in [6, 6.07) is 8.96. The number of fused-ring (bicyclic) bond motifs is 1. The van der Waals surface area contributed by atoms with E-state index in [1.165, 1.54) is 0 Å². The Morgan fingerprint density at radius 2 is 1.95 bits per heavy atom. The van der Waals surface area contributed by atoms with Crippen LogP contribution < -0.4 is 5.32 Å². The van der Waals surface area contributed by atoms with Gasteiger partial charge >= 0.3 is 0 Å². The fourth-order valence-electron chi connectivity index (χ4n) is 2.26. The molecule has 0 saturated heterocycles. The number of aliphatic imine (C=N–C) groups is 2. The van der Waals surface area contributed by atoms with Crippen molar-refractivity contribution < 1.29 is 9.53 Å². The molecule has 0 saturated carbocycles. The molecule has 1 N–H and O–H groups in total. The van der Waals surface area contributed by atoms with Gasteiger partial charge in [-0.3, -0.25) is 4.79 Å². The number of hydrogen-bond donors (Lipinski definition) is 1. The number of carbonyl (C=O) groups excluding carboxylic acids is 1. The highest BCUT2D eigenvalue weighted by Crippen LogP contribution is 2.30. The zero-order chi connectivity index (χ0) is 15.0. The summed E-state index contributed by atoms with van der Waals surface area (Å²) >= 11 is 5.03. The topological polar surface area (TPSA) is 63.0 Å². The Kier molecular flexibility index (Phi) is 3.39. The molecular weight excluding hydrogens is 286 g/mol. The summed E-state index contributed by atoms with van der Waals surface area (Å²) in [4.78, 5) is 20.6. The van der Waals surface area contributed by atoms with E-state index in [4.69, 9.17) is 17.0 Å². The predicted octanol–water partition coefficient (Wildman–Crippen LogP) is 2.45. The lowest BCUT2D eigenvalue weighted by molar-refractivity contribution is 0.0976. The molecule has 1 atom stereocenters. The monoisotopic (exact) mass is 299 g/mol. The van der Waals surface area contributed by atoms with Crippen molar-refractivity contribution >= 4 is 35.0 Å². The number of rotatable bonds is 1. The molecule has 0 aliphatic carbocycles. The standard InChI is InChI=1S/C15H13N3O2S/c1-8-9(2)20-14-11(8)12(17-15(21)18-14)16-13(19)10-6-4-3-5-7-10/h3-7,11H,1-2H3,(H,16,17,19,21). The summed E-state index contributed by atoms with van der Waals surface area (Å²) in [6.45, 7) is 3.79. The minimum atomic E-state index is -0.260. The number of thiocarbonyl (C=S) groups is 1. The molecular formula is C15H13N3O2S. The van der Waals surface area contributed by atoms with E-state index in [0.29, 0.717) is 17.3 Å². The van der Waals surface area contributed by atoms with Gasteiger partial charge in [0.05, 0.1) is 0 Å². The first-order valence-corrected chi connectivity index (χ1v) is 6.90. The first kappa shape index (κ1) is 13.6. The third-order valence-electron chi connectivity index (χ3n) is 3.47. The SMILES string of the molecule is CC1=C(C)C2C(NC(=O)c3ccccc3)=NC(=S)N=C2O1. The molecule has 6 heteroatoms. The number of hydrogen-bond acceptors (Lipinski definition) is 3. The smallest absolute Gasteiger partial charge is 0.256 e. The van der Waals surface area contributed by atoms with E-state index < -0.39 is 0 Å². The maximum absolute atomic E-state index is 12.3. The number of nitrogens with one attached hydrogen (secondary N) is 1. The Labute approximate surface area is 127 Å². The van der Waals surface area contributed by atoms with Crippen LogP contribution in [0, 0.1) is 5.92 Å². The molecule has 0 bridgehead atoms. The van der Waals surface area contributed by atoms with Crippen LogP contribution in [0.3, 0.4) is 0 Å². The van der Waals surface area contributed by atoms with E-state index in [1.807, 2.05) is 32.0 Å². The Hall–Kier alpha value is -2.34. The molecule has 2 aliphatic heterocycles. The van der Waals surface area contributed by atoms with Gasteiger partial charge in [-0.05, 0) is 43.8 Å². The summed E-state index contributed by atoms with van der Waals surface area (Å²) in [5, 5.41) is 2.98. The van der Waals surface area contributed by atoms with Crippen LogP contribution in [0.5, 0.6) is 0 Å². The zero-order valence-electron chi connectivity index (χ0n) is 11.6. The van der Waals surface area contributed by atoms with Crippen LogP contribution in [0.2, 0.25) is 0 Å². The molecule has 2 aliphatic rings. The normalized spacial score (nSPS) is 20.5. The van der Waals surface area contributed by atoms with Crippen LogP contribution in [0.25, 0.3) is 0 Å². The maximum Gasteiger partial charge on any atom is 0.256 e. The molecule has 0 spiro atoms. The van der Waals surface area contributed by atoms with Crippen molar-refractivity contribution in [2.45, 2.75) is 13.8 Å². The molecule has 0 aromatic heterocycles. The number of benzene rings is 1. The van der Waals surface area contributed by atoms with Gasteiger partial charge in [0.25, 0.3) is 5.91 Å². The minimum Gasteiger partial charge on any atom is -0.446 e. The van der Waals surface area contributed by atoms with Crippen molar-refractivity contribution in [3.8, 4) is 0 Å². The van der Waals surface area contributed by atoms with E-state index in [0.717, 1.165) is 11.3 Å². The van der Waals surface area contributed by atoms with Gasteiger partial charge < -0.3 is 10.1 Å². The highest BCUT2D eigenvalue weighted by molar-refractivity contribution is 7.80. The molecule has 5 nitrogen and oxygen atoms in total. The lowest BCUT2D eigenvalue weighted by atomic mass is 9.99.